The largest absolute Gasteiger partial charge is 0.319 e. The van der Waals surface area contributed by atoms with Crippen molar-refractivity contribution in [1.29, 1.82) is 0 Å². The van der Waals surface area contributed by atoms with Gasteiger partial charge < -0.3 is 14.5 Å². The second kappa shape index (κ2) is 4.28. The van der Waals surface area contributed by atoms with Gasteiger partial charge in [0.25, 0.3) is 5.56 Å². The van der Waals surface area contributed by atoms with E-state index in [0.29, 0.717) is 12.0 Å². The third-order valence-corrected chi connectivity index (χ3v) is 4.21. The minimum Gasteiger partial charge on any atom is -0.319 e. The maximum absolute atomic E-state index is 11.8. The summed E-state index contributed by atoms with van der Waals surface area (Å²) in [6, 6.07) is 3.88. The van der Waals surface area contributed by atoms with Gasteiger partial charge in [-0.3, -0.25) is 4.79 Å². The van der Waals surface area contributed by atoms with Crippen LogP contribution in [0.1, 0.15) is 24.7 Å². The number of nitrogens with zero attached hydrogens (tertiary/aromatic N) is 4. The molecule has 0 spiro atoms. The molecule has 1 atom stereocenters. The first-order chi connectivity index (χ1) is 9.74. The third-order valence-electron chi connectivity index (χ3n) is 4.21. The Morgan fingerprint density at radius 3 is 2.95 bits per heavy atom. The van der Waals surface area contributed by atoms with E-state index in [1.165, 1.54) is 12.8 Å². The lowest BCUT2D eigenvalue weighted by atomic mass is 10.1. The van der Waals surface area contributed by atoms with E-state index in [4.69, 9.17) is 0 Å². The van der Waals surface area contributed by atoms with E-state index < -0.39 is 0 Å². The Morgan fingerprint density at radius 1 is 1.35 bits per heavy atom. The molecule has 6 heteroatoms. The average molecular weight is 271 g/mol. The van der Waals surface area contributed by atoms with Gasteiger partial charge in [0, 0.05) is 38.0 Å². The first-order valence-corrected chi connectivity index (χ1v) is 7.07. The Hall–Kier alpha value is -1.95. The molecule has 1 aliphatic carbocycles. The Kier molecular flexibility index (Phi) is 2.53. The molecule has 0 saturated heterocycles. The van der Waals surface area contributed by atoms with Crippen LogP contribution < -0.4 is 10.9 Å². The summed E-state index contributed by atoms with van der Waals surface area (Å²) in [5.41, 5.74) is 0.829. The topological polar surface area (TPSA) is 64.7 Å². The number of pyridine rings is 1. The van der Waals surface area contributed by atoms with Crippen molar-refractivity contribution in [2.45, 2.75) is 25.4 Å². The molecule has 1 saturated carbocycles. The molecule has 6 nitrogen and oxygen atoms in total. The van der Waals surface area contributed by atoms with E-state index in [0.717, 1.165) is 30.3 Å². The van der Waals surface area contributed by atoms with Crippen LogP contribution in [0.2, 0.25) is 0 Å². The van der Waals surface area contributed by atoms with Crippen molar-refractivity contribution in [3.63, 3.8) is 0 Å². The maximum Gasteiger partial charge on any atom is 0.250 e. The van der Waals surface area contributed by atoms with Crippen molar-refractivity contribution in [3.8, 4) is 11.4 Å². The number of rotatable bonds is 2. The summed E-state index contributed by atoms with van der Waals surface area (Å²) >= 11 is 0. The van der Waals surface area contributed by atoms with Gasteiger partial charge in [0.2, 0.25) is 0 Å². The smallest absolute Gasteiger partial charge is 0.250 e. The monoisotopic (exact) mass is 271 g/mol. The highest BCUT2D eigenvalue weighted by atomic mass is 16.1. The van der Waals surface area contributed by atoms with Gasteiger partial charge in [-0.2, -0.15) is 0 Å². The van der Waals surface area contributed by atoms with E-state index in [1.54, 1.807) is 23.9 Å². The van der Waals surface area contributed by atoms with Crippen molar-refractivity contribution < 1.29 is 0 Å². The van der Waals surface area contributed by atoms with Crippen molar-refractivity contribution in [2.24, 2.45) is 13.0 Å². The van der Waals surface area contributed by atoms with E-state index in [2.05, 4.69) is 20.1 Å². The molecule has 20 heavy (non-hydrogen) atoms. The van der Waals surface area contributed by atoms with Gasteiger partial charge in [-0.1, -0.05) is 0 Å². The predicted molar refractivity (Wildman–Crippen MR) is 74.2 cm³/mol. The fourth-order valence-electron chi connectivity index (χ4n) is 2.90. The van der Waals surface area contributed by atoms with Crippen molar-refractivity contribution >= 4 is 0 Å². The van der Waals surface area contributed by atoms with Crippen molar-refractivity contribution in [3.05, 3.63) is 34.5 Å². The molecule has 1 unspecified atom stereocenters. The fraction of sp³-hybridized carbons (Fsp3) is 0.500. The SMILES string of the molecule is Cn1ccc(-c2nnc3n2CCNC3C2CC2)cc1=O. The molecule has 104 valence electrons. The molecule has 0 amide bonds. The minimum atomic E-state index is -0.0208. The Labute approximate surface area is 116 Å². The van der Waals surface area contributed by atoms with Crippen LogP contribution in [-0.4, -0.2) is 25.9 Å². The van der Waals surface area contributed by atoms with Gasteiger partial charge in [0.1, 0.15) is 0 Å². The molecular weight excluding hydrogens is 254 g/mol. The van der Waals surface area contributed by atoms with Crippen LogP contribution in [-0.2, 0) is 13.6 Å². The van der Waals surface area contributed by atoms with Crippen LogP contribution in [0.3, 0.4) is 0 Å². The summed E-state index contributed by atoms with van der Waals surface area (Å²) in [6.45, 7) is 1.79. The molecule has 0 aromatic carbocycles. The molecule has 1 fully saturated rings. The number of hydrogen-bond donors (Lipinski definition) is 1. The van der Waals surface area contributed by atoms with Crippen LogP contribution >= 0.6 is 0 Å². The van der Waals surface area contributed by atoms with Crippen molar-refractivity contribution in [1.82, 2.24) is 24.6 Å². The Balaban J connectivity index is 1.79. The average Bonchev–Trinajstić information content (AvgIpc) is 3.21. The molecule has 1 aliphatic heterocycles. The molecule has 0 bridgehead atoms. The van der Waals surface area contributed by atoms with Gasteiger partial charge in [0.05, 0.1) is 6.04 Å². The zero-order valence-corrected chi connectivity index (χ0v) is 11.4. The number of hydrogen-bond acceptors (Lipinski definition) is 4. The summed E-state index contributed by atoms with van der Waals surface area (Å²) < 4.78 is 3.72. The summed E-state index contributed by atoms with van der Waals surface area (Å²) in [5.74, 6) is 2.54. The van der Waals surface area contributed by atoms with Crippen LogP contribution in [0, 0.1) is 5.92 Å². The molecule has 2 aromatic rings. The second-order valence-corrected chi connectivity index (χ2v) is 5.67. The molecule has 2 aromatic heterocycles. The molecule has 1 N–H and O–H groups in total. The Morgan fingerprint density at radius 2 is 2.20 bits per heavy atom. The zero-order valence-electron chi connectivity index (χ0n) is 11.4. The fourth-order valence-corrected chi connectivity index (χ4v) is 2.90. The van der Waals surface area contributed by atoms with Gasteiger partial charge in [-0.25, -0.2) is 0 Å². The number of nitrogens with one attached hydrogen (secondary N) is 1. The number of fused-ring (bicyclic) bond motifs is 1. The molecule has 4 rings (SSSR count). The normalized spacial score (nSPS) is 21.8. The summed E-state index contributed by atoms with van der Waals surface area (Å²) in [6.07, 6.45) is 4.32. The van der Waals surface area contributed by atoms with Crippen LogP contribution in [0.15, 0.2) is 23.1 Å². The molecule has 2 aliphatic rings. The quantitative estimate of drug-likeness (QED) is 0.873. The highest BCUT2D eigenvalue weighted by molar-refractivity contribution is 5.54. The standard InChI is InChI=1S/C14H17N5O/c1-18-6-4-10(8-11(18)20)13-16-17-14-12(9-2-3-9)15-5-7-19(13)14/h4,6,8-9,12,15H,2-3,5,7H2,1H3. The predicted octanol–water partition coefficient (Wildman–Crippen LogP) is 0.698. The third kappa shape index (κ3) is 1.79. The summed E-state index contributed by atoms with van der Waals surface area (Å²) in [4.78, 5) is 11.8. The van der Waals surface area contributed by atoms with E-state index >= 15 is 0 Å². The van der Waals surface area contributed by atoms with E-state index in [9.17, 15) is 4.79 Å². The summed E-state index contributed by atoms with van der Waals surface area (Å²) in [5, 5.41) is 12.2. The number of aryl methyl sites for hydroxylation is 1. The highest BCUT2D eigenvalue weighted by Crippen LogP contribution is 2.41. The number of aromatic nitrogens is 4. The van der Waals surface area contributed by atoms with Crippen LogP contribution in [0.25, 0.3) is 11.4 Å². The van der Waals surface area contributed by atoms with E-state index in [1.807, 2.05) is 6.07 Å². The highest BCUT2D eigenvalue weighted by Gasteiger charge is 2.37. The first-order valence-electron chi connectivity index (χ1n) is 7.07. The van der Waals surface area contributed by atoms with Gasteiger partial charge >= 0.3 is 0 Å². The lowest BCUT2D eigenvalue weighted by Crippen LogP contribution is -2.35. The molecular formula is C14H17N5O. The van der Waals surface area contributed by atoms with Crippen molar-refractivity contribution in [2.75, 3.05) is 6.54 Å². The van der Waals surface area contributed by atoms with Gasteiger partial charge in [-0.05, 0) is 24.8 Å². The van der Waals surface area contributed by atoms with Crippen LogP contribution in [0.5, 0.6) is 0 Å². The summed E-state index contributed by atoms with van der Waals surface area (Å²) in [7, 11) is 1.75. The van der Waals surface area contributed by atoms with Crippen LogP contribution in [0.4, 0.5) is 0 Å². The second-order valence-electron chi connectivity index (χ2n) is 5.67. The van der Waals surface area contributed by atoms with Gasteiger partial charge in [0.15, 0.2) is 11.6 Å². The zero-order chi connectivity index (χ0) is 13.7. The lowest BCUT2D eigenvalue weighted by Gasteiger charge is -2.24. The molecule has 3 heterocycles. The minimum absolute atomic E-state index is 0.0208. The molecule has 0 radical (unpaired) electrons. The maximum atomic E-state index is 11.8. The first kappa shape index (κ1) is 11.8. The van der Waals surface area contributed by atoms with Gasteiger partial charge in [-0.15, -0.1) is 10.2 Å². The lowest BCUT2D eigenvalue weighted by molar-refractivity contribution is 0.383. The Bertz CT molecular complexity index is 713. The van der Waals surface area contributed by atoms with E-state index in [-0.39, 0.29) is 5.56 Å².